The molecule has 1 fully saturated rings. The Morgan fingerprint density at radius 1 is 1.19 bits per heavy atom. The van der Waals surface area contributed by atoms with E-state index in [-0.39, 0.29) is 10.8 Å². The molecule has 3 rings (SSSR count). The van der Waals surface area contributed by atoms with E-state index in [9.17, 15) is 13.2 Å². The summed E-state index contributed by atoms with van der Waals surface area (Å²) in [5.41, 5.74) is 0.776. The first kappa shape index (κ1) is 18.9. The van der Waals surface area contributed by atoms with Gasteiger partial charge in [0.1, 0.15) is 5.75 Å². The van der Waals surface area contributed by atoms with Gasteiger partial charge in [0.2, 0.25) is 15.9 Å². The SMILES string of the molecule is COc1ccc(S(=O)(=O)N2CCN(C(=O)Cc3cccs3)CC2)cc1C. The number of nitrogens with zero attached hydrogens (tertiary/aromatic N) is 2. The minimum atomic E-state index is -3.57. The predicted octanol–water partition coefficient (Wildman–Crippen LogP) is 2.14. The van der Waals surface area contributed by atoms with Crippen molar-refractivity contribution in [3.8, 4) is 5.75 Å². The van der Waals surface area contributed by atoms with Crippen LogP contribution in [0, 0.1) is 6.92 Å². The van der Waals surface area contributed by atoms with Crippen molar-refractivity contribution in [2.24, 2.45) is 0 Å². The number of benzene rings is 1. The van der Waals surface area contributed by atoms with Crippen LogP contribution < -0.4 is 4.74 Å². The second-order valence-electron chi connectivity index (χ2n) is 6.17. The molecule has 0 bridgehead atoms. The lowest BCUT2D eigenvalue weighted by Crippen LogP contribution is -2.50. The van der Waals surface area contributed by atoms with Crippen LogP contribution in [-0.4, -0.2) is 56.8 Å². The standard InChI is InChI=1S/C18H22N2O4S2/c1-14-12-16(5-6-17(14)24-2)26(22,23)20-9-7-19(8-10-20)18(21)13-15-4-3-11-25-15/h3-6,11-12H,7-10,13H2,1-2H3. The summed E-state index contributed by atoms with van der Waals surface area (Å²) >= 11 is 1.56. The first-order valence-corrected chi connectivity index (χ1v) is 10.7. The molecule has 0 saturated carbocycles. The maximum atomic E-state index is 12.9. The molecule has 140 valence electrons. The molecule has 2 aromatic rings. The quantitative estimate of drug-likeness (QED) is 0.779. The number of thiophene rings is 1. The molecule has 0 N–H and O–H groups in total. The Morgan fingerprint density at radius 2 is 1.92 bits per heavy atom. The number of carbonyl (C=O) groups excluding carboxylic acids is 1. The zero-order valence-corrected chi connectivity index (χ0v) is 16.5. The van der Waals surface area contributed by atoms with Crippen LogP contribution in [0.5, 0.6) is 5.75 Å². The Labute approximate surface area is 158 Å². The van der Waals surface area contributed by atoms with E-state index >= 15 is 0 Å². The Balaban J connectivity index is 1.65. The summed E-state index contributed by atoms with van der Waals surface area (Å²) in [5, 5.41) is 1.95. The number of methoxy groups -OCH3 is 1. The molecule has 0 spiro atoms. The average molecular weight is 395 g/mol. The maximum Gasteiger partial charge on any atom is 0.243 e. The molecule has 0 atom stereocenters. The molecular formula is C18H22N2O4S2. The van der Waals surface area contributed by atoms with Gasteiger partial charge in [0, 0.05) is 31.1 Å². The number of carbonyl (C=O) groups is 1. The number of aryl methyl sites for hydroxylation is 1. The molecule has 8 heteroatoms. The molecule has 26 heavy (non-hydrogen) atoms. The number of hydrogen-bond acceptors (Lipinski definition) is 5. The van der Waals surface area contributed by atoms with Crippen LogP contribution in [0.2, 0.25) is 0 Å². The molecule has 1 aliphatic rings. The largest absolute Gasteiger partial charge is 0.496 e. The van der Waals surface area contributed by atoms with E-state index in [1.807, 2.05) is 24.4 Å². The van der Waals surface area contributed by atoms with Crippen molar-refractivity contribution in [2.45, 2.75) is 18.2 Å². The maximum absolute atomic E-state index is 12.9. The lowest BCUT2D eigenvalue weighted by atomic mass is 10.2. The third-order valence-electron chi connectivity index (χ3n) is 4.50. The fourth-order valence-electron chi connectivity index (χ4n) is 3.01. The first-order valence-electron chi connectivity index (χ1n) is 8.37. The summed E-state index contributed by atoms with van der Waals surface area (Å²) < 4.78 is 32.3. The van der Waals surface area contributed by atoms with Gasteiger partial charge in [-0.3, -0.25) is 4.79 Å². The Kier molecular flexibility index (Phi) is 5.64. The summed E-state index contributed by atoms with van der Waals surface area (Å²) in [6.45, 7) is 3.27. The molecule has 0 aliphatic carbocycles. The first-order chi connectivity index (χ1) is 12.4. The summed E-state index contributed by atoms with van der Waals surface area (Å²) in [7, 11) is -2.01. The number of amides is 1. The van der Waals surface area contributed by atoms with Gasteiger partial charge in [-0.25, -0.2) is 8.42 Å². The third kappa shape index (κ3) is 3.92. The fraction of sp³-hybridized carbons (Fsp3) is 0.389. The third-order valence-corrected chi connectivity index (χ3v) is 7.27. The average Bonchev–Trinajstić information content (AvgIpc) is 3.14. The van der Waals surface area contributed by atoms with Crippen molar-refractivity contribution in [1.82, 2.24) is 9.21 Å². The normalized spacial score (nSPS) is 15.8. The van der Waals surface area contributed by atoms with Crippen molar-refractivity contribution in [3.63, 3.8) is 0 Å². The smallest absolute Gasteiger partial charge is 0.243 e. The Hall–Kier alpha value is -1.90. The van der Waals surface area contributed by atoms with Crippen LogP contribution >= 0.6 is 11.3 Å². The van der Waals surface area contributed by atoms with E-state index in [2.05, 4.69) is 0 Å². The van der Waals surface area contributed by atoms with Gasteiger partial charge in [-0.15, -0.1) is 11.3 Å². The molecule has 1 amide bonds. The minimum absolute atomic E-state index is 0.0461. The van der Waals surface area contributed by atoms with Gasteiger partial charge in [-0.1, -0.05) is 6.07 Å². The van der Waals surface area contributed by atoms with Crippen LogP contribution in [0.1, 0.15) is 10.4 Å². The van der Waals surface area contributed by atoms with E-state index in [1.54, 1.807) is 41.5 Å². The Bertz CT molecular complexity index is 871. The van der Waals surface area contributed by atoms with Crippen molar-refractivity contribution in [3.05, 3.63) is 46.2 Å². The predicted molar refractivity (Wildman–Crippen MR) is 101 cm³/mol. The number of hydrogen-bond donors (Lipinski definition) is 0. The molecule has 6 nitrogen and oxygen atoms in total. The number of rotatable bonds is 5. The topological polar surface area (TPSA) is 66.9 Å². The molecule has 0 unspecified atom stereocenters. The van der Waals surface area contributed by atoms with E-state index in [0.717, 1.165) is 10.4 Å². The summed E-state index contributed by atoms with van der Waals surface area (Å²) in [6.07, 6.45) is 0.377. The summed E-state index contributed by atoms with van der Waals surface area (Å²) in [4.78, 5) is 15.4. The number of ether oxygens (including phenoxy) is 1. The zero-order valence-electron chi connectivity index (χ0n) is 14.8. The second-order valence-corrected chi connectivity index (χ2v) is 9.14. The summed E-state index contributed by atoms with van der Waals surface area (Å²) in [5.74, 6) is 0.706. The molecular weight excluding hydrogens is 372 g/mol. The van der Waals surface area contributed by atoms with Crippen LogP contribution in [0.4, 0.5) is 0 Å². The van der Waals surface area contributed by atoms with Gasteiger partial charge in [0.15, 0.2) is 0 Å². The van der Waals surface area contributed by atoms with E-state index < -0.39 is 10.0 Å². The van der Waals surface area contributed by atoms with Gasteiger partial charge in [0.25, 0.3) is 0 Å². The van der Waals surface area contributed by atoms with Crippen LogP contribution in [0.25, 0.3) is 0 Å². The van der Waals surface area contributed by atoms with Crippen molar-refractivity contribution in [1.29, 1.82) is 0 Å². The number of sulfonamides is 1. The second kappa shape index (κ2) is 7.77. The van der Waals surface area contributed by atoms with E-state index in [0.29, 0.717) is 38.3 Å². The Morgan fingerprint density at radius 3 is 2.50 bits per heavy atom. The molecule has 1 aromatic heterocycles. The van der Waals surface area contributed by atoms with Crippen molar-refractivity contribution in [2.75, 3.05) is 33.3 Å². The van der Waals surface area contributed by atoms with Crippen LogP contribution in [-0.2, 0) is 21.2 Å². The van der Waals surface area contributed by atoms with E-state index in [1.165, 1.54) is 4.31 Å². The van der Waals surface area contributed by atoms with Crippen LogP contribution in [0.15, 0.2) is 40.6 Å². The van der Waals surface area contributed by atoms with Gasteiger partial charge < -0.3 is 9.64 Å². The number of piperazine rings is 1. The fourth-order valence-corrected chi connectivity index (χ4v) is 5.22. The van der Waals surface area contributed by atoms with Gasteiger partial charge in [0.05, 0.1) is 18.4 Å². The zero-order chi connectivity index (χ0) is 18.7. The van der Waals surface area contributed by atoms with Crippen LogP contribution in [0.3, 0.4) is 0 Å². The summed E-state index contributed by atoms with van der Waals surface area (Å²) in [6, 6.07) is 8.73. The lowest BCUT2D eigenvalue weighted by Gasteiger charge is -2.34. The highest BCUT2D eigenvalue weighted by atomic mass is 32.2. The highest BCUT2D eigenvalue weighted by Crippen LogP contribution is 2.24. The monoisotopic (exact) mass is 394 g/mol. The molecule has 1 aromatic carbocycles. The van der Waals surface area contributed by atoms with Crippen molar-refractivity contribution >= 4 is 27.3 Å². The van der Waals surface area contributed by atoms with Gasteiger partial charge in [-0.2, -0.15) is 4.31 Å². The highest BCUT2D eigenvalue weighted by molar-refractivity contribution is 7.89. The molecule has 0 radical (unpaired) electrons. The van der Waals surface area contributed by atoms with Crippen molar-refractivity contribution < 1.29 is 17.9 Å². The minimum Gasteiger partial charge on any atom is -0.496 e. The lowest BCUT2D eigenvalue weighted by molar-refractivity contribution is -0.131. The van der Waals surface area contributed by atoms with Gasteiger partial charge in [-0.05, 0) is 42.1 Å². The van der Waals surface area contributed by atoms with Gasteiger partial charge >= 0.3 is 0 Å². The molecule has 1 saturated heterocycles. The molecule has 2 heterocycles. The molecule has 1 aliphatic heterocycles. The van der Waals surface area contributed by atoms with E-state index in [4.69, 9.17) is 4.74 Å². The highest BCUT2D eigenvalue weighted by Gasteiger charge is 2.30.